The number of esters is 1. The zero-order valence-corrected chi connectivity index (χ0v) is 27.3. The molecule has 0 saturated heterocycles. The molecule has 1 N–H and O–H groups in total. The number of aromatic nitrogens is 2. The van der Waals surface area contributed by atoms with Gasteiger partial charge in [0.25, 0.3) is 5.56 Å². The summed E-state index contributed by atoms with van der Waals surface area (Å²) in [7, 11) is 3.10. The van der Waals surface area contributed by atoms with Gasteiger partial charge < -0.3 is 19.2 Å². The number of methoxy groups -OCH3 is 2. The number of H-pyrrole nitrogens is 1. The number of benzene rings is 3. The van der Waals surface area contributed by atoms with Gasteiger partial charge in [0.1, 0.15) is 0 Å². The van der Waals surface area contributed by atoms with Crippen LogP contribution < -0.4 is 24.4 Å². The number of allylic oxidation sites excluding steroid dienone is 1. The lowest BCUT2D eigenvalue weighted by molar-refractivity contribution is -0.139. The number of hydrogen-bond donors (Lipinski definition) is 1. The lowest BCUT2D eigenvalue weighted by Crippen LogP contribution is -2.40. The molecule has 1 aliphatic heterocycles. The number of carbonyl (C=O) groups excluding carboxylic acids is 1. The highest BCUT2D eigenvalue weighted by molar-refractivity contribution is 9.10. The van der Waals surface area contributed by atoms with Crippen LogP contribution in [0.2, 0.25) is 0 Å². The van der Waals surface area contributed by atoms with Crippen molar-refractivity contribution in [2.45, 2.75) is 26.8 Å². The van der Waals surface area contributed by atoms with Gasteiger partial charge in [0.05, 0.1) is 48.4 Å². The molecule has 10 heteroatoms. The SMILES string of the molecule is CCOC(=O)C1=C(C)N=c2s/c(=C/c3c(-c4ccccc4)[nH]c4ccc(C)cc34)c(=O)n2[C@H]1c1cc(OC)c(OC)cc1Br. The second kappa shape index (κ2) is 11.9. The molecule has 6 rings (SSSR count). The molecule has 1 aliphatic rings. The average Bonchev–Trinajstić information content (AvgIpc) is 3.53. The number of halogens is 1. The molecular weight excluding hydrogens is 642 g/mol. The first-order chi connectivity index (χ1) is 21.2. The standard InChI is InChI=1S/C34H30BrN3O5S/c1-6-43-33(40)29-19(3)36-34-38(31(29)23-15-26(41-4)27(42-5)17-24(23)35)32(39)28(44-34)16-22-21-14-18(2)12-13-25(21)37-30(22)20-10-8-7-9-11-20/h7-17,31,37H,6H2,1-5H3/b28-16+/t31-/m0/s1. The number of carbonyl (C=O) groups is 1. The van der Waals surface area contributed by atoms with Crippen molar-refractivity contribution < 1.29 is 19.0 Å². The first kappa shape index (κ1) is 29.7. The van der Waals surface area contributed by atoms with E-state index in [1.54, 1.807) is 44.8 Å². The van der Waals surface area contributed by atoms with Crippen LogP contribution in [0.5, 0.6) is 11.5 Å². The third-order valence-corrected chi connectivity index (χ3v) is 9.32. The fraction of sp³-hybridized carbons (Fsp3) is 0.206. The van der Waals surface area contributed by atoms with E-state index in [0.29, 0.717) is 36.6 Å². The molecule has 0 bridgehead atoms. The second-order valence-corrected chi connectivity index (χ2v) is 12.2. The van der Waals surface area contributed by atoms with Crippen molar-refractivity contribution in [3.8, 4) is 22.8 Å². The lowest BCUT2D eigenvalue weighted by atomic mass is 9.95. The Morgan fingerprint density at radius 1 is 1.07 bits per heavy atom. The van der Waals surface area contributed by atoms with Crippen LogP contribution >= 0.6 is 27.3 Å². The van der Waals surface area contributed by atoms with Crippen LogP contribution in [-0.4, -0.2) is 36.3 Å². The zero-order chi connectivity index (χ0) is 31.1. The quantitative estimate of drug-likeness (QED) is 0.213. The molecule has 2 aromatic heterocycles. The normalized spacial score (nSPS) is 14.9. The molecule has 1 atom stereocenters. The molecule has 8 nitrogen and oxygen atoms in total. The predicted octanol–water partition coefficient (Wildman–Crippen LogP) is 6.03. The van der Waals surface area contributed by atoms with Crippen LogP contribution in [0.15, 0.2) is 86.2 Å². The van der Waals surface area contributed by atoms with E-state index >= 15 is 0 Å². The maximum Gasteiger partial charge on any atom is 0.338 e. The van der Waals surface area contributed by atoms with Gasteiger partial charge in [-0.1, -0.05) is 69.2 Å². The smallest absolute Gasteiger partial charge is 0.338 e. The molecule has 0 aliphatic carbocycles. The van der Waals surface area contributed by atoms with Gasteiger partial charge >= 0.3 is 5.97 Å². The summed E-state index contributed by atoms with van der Waals surface area (Å²) < 4.78 is 19.3. The molecule has 0 spiro atoms. The summed E-state index contributed by atoms with van der Waals surface area (Å²) in [6.07, 6.45) is 1.93. The Labute approximate surface area is 266 Å². The number of rotatable bonds is 7. The summed E-state index contributed by atoms with van der Waals surface area (Å²) in [5, 5.41) is 1.01. The topological polar surface area (TPSA) is 94.9 Å². The van der Waals surface area contributed by atoms with Gasteiger partial charge in [-0.2, -0.15) is 0 Å². The van der Waals surface area contributed by atoms with Crippen LogP contribution in [-0.2, 0) is 9.53 Å². The number of aryl methyl sites for hydroxylation is 1. The Bertz CT molecular complexity index is 2140. The van der Waals surface area contributed by atoms with Gasteiger partial charge in [0, 0.05) is 20.9 Å². The first-order valence-electron chi connectivity index (χ1n) is 14.0. The van der Waals surface area contributed by atoms with Crippen LogP contribution in [0.3, 0.4) is 0 Å². The van der Waals surface area contributed by atoms with Crippen molar-refractivity contribution in [1.82, 2.24) is 9.55 Å². The molecule has 0 amide bonds. The zero-order valence-electron chi connectivity index (χ0n) is 24.9. The van der Waals surface area contributed by atoms with E-state index in [2.05, 4.69) is 39.1 Å². The molecule has 3 heterocycles. The van der Waals surface area contributed by atoms with E-state index in [1.165, 1.54) is 11.3 Å². The number of nitrogens with zero attached hydrogens (tertiary/aromatic N) is 2. The van der Waals surface area contributed by atoms with Gasteiger partial charge in [0.2, 0.25) is 0 Å². The van der Waals surface area contributed by atoms with E-state index in [0.717, 1.165) is 33.3 Å². The summed E-state index contributed by atoms with van der Waals surface area (Å²) in [5.74, 6) is 0.442. The van der Waals surface area contributed by atoms with Gasteiger partial charge in [-0.25, -0.2) is 9.79 Å². The van der Waals surface area contributed by atoms with E-state index in [1.807, 2.05) is 43.3 Å². The fourth-order valence-electron chi connectivity index (χ4n) is 5.61. The minimum atomic E-state index is -0.819. The van der Waals surface area contributed by atoms with Crippen molar-refractivity contribution in [3.63, 3.8) is 0 Å². The van der Waals surface area contributed by atoms with Crippen LogP contribution in [0.25, 0.3) is 28.2 Å². The summed E-state index contributed by atoms with van der Waals surface area (Å²) in [6, 6.07) is 19.0. The highest BCUT2D eigenvalue weighted by atomic mass is 79.9. The minimum absolute atomic E-state index is 0.183. The molecule has 0 radical (unpaired) electrons. The Kier molecular flexibility index (Phi) is 8.04. The van der Waals surface area contributed by atoms with Crippen LogP contribution in [0.1, 0.15) is 36.6 Å². The molecule has 0 saturated carbocycles. The highest BCUT2D eigenvalue weighted by Gasteiger charge is 2.35. The minimum Gasteiger partial charge on any atom is -0.493 e. The fourth-order valence-corrected chi connectivity index (χ4v) is 7.17. The third kappa shape index (κ3) is 5.07. The van der Waals surface area contributed by atoms with Crippen LogP contribution in [0.4, 0.5) is 0 Å². The van der Waals surface area contributed by atoms with Gasteiger partial charge in [0.15, 0.2) is 16.3 Å². The molecular formula is C34H30BrN3O5S. The maximum absolute atomic E-state index is 14.4. The van der Waals surface area contributed by atoms with E-state index in [4.69, 9.17) is 19.2 Å². The number of hydrogen-bond acceptors (Lipinski definition) is 7. The van der Waals surface area contributed by atoms with Gasteiger partial charge in [-0.05, 0) is 62.2 Å². The highest BCUT2D eigenvalue weighted by Crippen LogP contribution is 2.41. The van der Waals surface area contributed by atoms with Crippen molar-refractivity contribution in [3.05, 3.63) is 113 Å². The lowest BCUT2D eigenvalue weighted by Gasteiger charge is -2.26. The maximum atomic E-state index is 14.4. The number of aromatic amines is 1. The van der Waals surface area contributed by atoms with Crippen LogP contribution in [0, 0.1) is 6.92 Å². The summed E-state index contributed by atoms with van der Waals surface area (Å²) >= 11 is 4.95. The second-order valence-electron chi connectivity index (χ2n) is 10.4. The summed E-state index contributed by atoms with van der Waals surface area (Å²) in [5.41, 5.74) is 6.05. The molecule has 0 unspecified atom stereocenters. The van der Waals surface area contributed by atoms with Crippen molar-refractivity contribution in [2.24, 2.45) is 4.99 Å². The van der Waals surface area contributed by atoms with E-state index < -0.39 is 12.0 Å². The predicted molar refractivity (Wildman–Crippen MR) is 176 cm³/mol. The number of fused-ring (bicyclic) bond motifs is 2. The molecule has 44 heavy (non-hydrogen) atoms. The number of thiazole rings is 1. The van der Waals surface area contributed by atoms with E-state index in [9.17, 15) is 9.59 Å². The molecule has 5 aromatic rings. The average molecular weight is 673 g/mol. The Morgan fingerprint density at radius 3 is 2.50 bits per heavy atom. The third-order valence-electron chi connectivity index (χ3n) is 7.65. The van der Waals surface area contributed by atoms with Crippen molar-refractivity contribution in [1.29, 1.82) is 0 Å². The van der Waals surface area contributed by atoms with E-state index in [-0.39, 0.29) is 17.7 Å². The Hall–Kier alpha value is -4.41. The number of ether oxygens (including phenoxy) is 3. The van der Waals surface area contributed by atoms with Crippen molar-refractivity contribution >= 4 is 50.2 Å². The largest absolute Gasteiger partial charge is 0.493 e. The Morgan fingerprint density at radius 2 is 1.80 bits per heavy atom. The molecule has 224 valence electrons. The molecule has 3 aromatic carbocycles. The first-order valence-corrected chi connectivity index (χ1v) is 15.7. The summed E-state index contributed by atoms with van der Waals surface area (Å²) in [4.78, 5) is 36.6. The summed E-state index contributed by atoms with van der Waals surface area (Å²) in [6.45, 7) is 5.74. The number of nitrogens with one attached hydrogen (secondary N) is 1. The monoisotopic (exact) mass is 671 g/mol. The molecule has 0 fully saturated rings. The van der Waals surface area contributed by atoms with Gasteiger partial charge in [-0.15, -0.1) is 0 Å². The van der Waals surface area contributed by atoms with Crippen molar-refractivity contribution in [2.75, 3.05) is 20.8 Å². The van der Waals surface area contributed by atoms with Gasteiger partial charge in [-0.3, -0.25) is 9.36 Å². The Balaban J connectivity index is 1.64.